The van der Waals surface area contributed by atoms with Gasteiger partial charge in [-0.2, -0.15) is 0 Å². The maximum absolute atomic E-state index is 12.3. The third kappa shape index (κ3) is 4.72. The van der Waals surface area contributed by atoms with Gasteiger partial charge in [-0.25, -0.2) is 9.78 Å². The van der Waals surface area contributed by atoms with Gasteiger partial charge in [0.25, 0.3) is 5.91 Å². The molecule has 0 unspecified atom stereocenters. The minimum Gasteiger partial charge on any atom is -0.486 e. The van der Waals surface area contributed by atoms with Gasteiger partial charge < -0.3 is 19.5 Å². The smallest absolute Gasteiger partial charge is 0.341 e. The van der Waals surface area contributed by atoms with E-state index in [-0.39, 0.29) is 22.7 Å². The highest BCUT2D eigenvalue weighted by atomic mass is 35.5. The molecule has 0 aliphatic carbocycles. The molecule has 0 saturated heterocycles. The number of nitrogens with one attached hydrogen (secondary N) is 1. The number of hydrogen-bond donors (Lipinski definition) is 1. The predicted molar refractivity (Wildman–Crippen MR) is 103 cm³/mol. The van der Waals surface area contributed by atoms with E-state index in [0.717, 1.165) is 5.56 Å². The van der Waals surface area contributed by atoms with Crippen LogP contribution in [0.1, 0.15) is 35.8 Å². The van der Waals surface area contributed by atoms with Crippen LogP contribution in [0.3, 0.4) is 0 Å². The van der Waals surface area contributed by atoms with E-state index in [0.29, 0.717) is 24.7 Å². The predicted octanol–water partition coefficient (Wildman–Crippen LogP) is 3.18. The zero-order valence-electron chi connectivity index (χ0n) is 15.6. The standard InChI is InChI=1S/C20H21ClN2O5/c1-12(2)18(13-5-6-15-16(10-13)27-9-8-26-15)23-17(24)11-28-20(25)14-4-3-7-22-19(14)21/h3-7,10,12,18H,8-9,11H2,1-2H3,(H,23,24)/t18-/m0/s1. The summed E-state index contributed by atoms with van der Waals surface area (Å²) in [6, 6.07) is 8.36. The molecule has 1 N–H and O–H groups in total. The van der Waals surface area contributed by atoms with Gasteiger partial charge in [0.1, 0.15) is 18.4 Å². The molecular formula is C20H21ClN2O5. The van der Waals surface area contributed by atoms with Crippen molar-refractivity contribution in [1.82, 2.24) is 10.3 Å². The molecule has 2 heterocycles. The summed E-state index contributed by atoms with van der Waals surface area (Å²) in [6.45, 7) is 4.56. The van der Waals surface area contributed by atoms with E-state index in [9.17, 15) is 9.59 Å². The lowest BCUT2D eigenvalue weighted by atomic mass is 9.95. The number of nitrogens with zero attached hydrogens (tertiary/aromatic N) is 1. The highest BCUT2D eigenvalue weighted by molar-refractivity contribution is 6.32. The molecule has 0 radical (unpaired) electrons. The largest absolute Gasteiger partial charge is 0.486 e. The van der Waals surface area contributed by atoms with E-state index < -0.39 is 18.5 Å². The van der Waals surface area contributed by atoms with Crippen molar-refractivity contribution in [2.75, 3.05) is 19.8 Å². The fourth-order valence-electron chi connectivity index (χ4n) is 2.85. The van der Waals surface area contributed by atoms with Crippen LogP contribution in [-0.2, 0) is 9.53 Å². The van der Waals surface area contributed by atoms with E-state index in [2.05, 4.69) is 10.3 Å². The van der Waals surface area contributed by atoms with Crippen molar-refractivity contribution < 1.29 is 23.8 Å². The molecule has 2 aromatic rings. The number of ether oxygens (including phenoxy) is 3. The SMILES string of the molecule is CC(C)[C@H](NC(=O)COC(=O)c1cccnc1Cl)c1ccc2c(c1)OCCO2. The highest BCUT2D eigenvalue weighted by Crippen LogP contribution is 2.34. The number of carbonyl (C=O) groups excluding carboxylic acids is 2. The quantitative estimate of drug-likeness (QED) is 0.587. The van der Waals surface area contributed by atoms with Gasteiger partial charge in [-0.05, 0) is 35.7 Å². The summed E-state index contributed by atoms with van der Waals surface area (Å²) in [7, 11) is 0. The third-order valence-electron chi connectivity index (χ3n) is 4.22. The van der Waals surface area contributed by atoms with Crippen molar-refractivity contribution in [3.05, 3.63) is 52.8 Å². The average Bonchev–Trinajstić information content (AvgIpc) is 2.70. The monoisotopic (exact) mass is 404 g/mol. The normalized spacial score (nSPS) is 13.7. The van der Waals surface area contributed by atoms with Gasteiger partial charge >= 0.3 is 5.97 Å². The van der Waals surface area contributed by atoms with Gasteiger partial charge in [-0.3, -0.25) is 4.79 Å². The van der Waals surface area contributed by atoms with Gasteiger partial charge in [-0.15, -0.1) is 0 Å². The molecule has 0 fully saturated rings. The van der Waals surface area contributed by atoms with Crippen molar-refractivity contribution in [2.24, 2.45) is 5.92 Å². The summed E-state index contributed by atoms with van der Waals surface area (Å²) >= 11 is 5.86. The minimum atomic E-state index is -0.700. The van der Waals surface area contributed by atoms with Crippen LogP contribution >= 0.6 is 11.6 Å². The third-order valence-corrected chi connectivity index (χ3v) is 4.52. The molecule has 0 spiro atoms. The van der Waals surface area contributed by atoms with Crippen molar-refractivity contribution in [3.8, 4) is 11.5 Å². The number of esters is 1. The first-order valence-corrected chi connectivity index (χ1v) is 9.30. The Hall–Kier alpha value is -2.80. The van der Waals surface area contributed by atoms with E-state index in [1.807, 2.05) is 32.0 Å². The summed E-state index contributed by atoms with van der Waals surface area (Å²) in [4.78, 5) is 28.2. The Morgan fingerprint density at radius 3 is 2.68 bits per heavy atom. The van der Waals surface area contributed by atoms with E-state index in [1.165, 1.54) is 12.3 Å². The number of fused-ring (bicyclic) bond motifs is 1. The lowest BCUT2D eigenvalue weighted by Crippen LogP contribution is -2.35. The van der Waals surface area contributed by atoms with Crippen molar-refractivity contribution in [3.63, 3.8) is 0 Å². The second-order valence-electron chi connectivity index (χ2n) is 6.61. The molecule has 1 aliphatic rings. The molecular weight excluding hydrogens is 384 g/mol. The Morgan fingerprint density at radius 2 is 1.96 bits per heavy atom. The summed E-state index contributed by atoms with van der Waals surface area (Å²) in [5.74, 6) is 0.331. The average molecular weight is 405 g/mol. The molecule has 3 rings (SSSR count). The molecule has 7 nitrogen and oxygen atoms in total. The number of benzene rings is 1. The van der Waals surface area contributed by atoms with Gasteiger partial charge in [-0.1, -0.05) is 31.5 Å². The molecule has 1 atom stereocenters. The Labute approximate surface area is 168 Å². The summed E-state index contributed by atoms with van der Waals surface area (Å²) in [5, 5.41) is 2.93. The Kier molecular flexibility index (Phi) is 6.36. The summed E-state index contributed by atoms with van der Waals surface area (Å²) in [6.07, 6.45) is 1.46. The van der Waals surface area contributed by atoms with Gasteiger partial charge in [0.05, 0.1) is 11.6 Å². The van der Waals surface area contributed by atoms with E-state index in [1.54, 1.807) is 6.07 Å². The van der Waals surface area contributed by atoms with Crippen LogP contribution in [-0.4, -0.2) is 36.7 Å². The van der Waals surface area contributed by atoms with Crippen LogP contribution in [0.2, 0.25) is 5.15 Å². The molecule has 0 saturated carbocycles. The van der Waals surface area contributed by atoms with Crippen molar-refractivity contribution >= 4 is 23.5 Å². The van der Waals surface area contributed by atoms with Crippen LogP contribution in [0.5, 0.6) is 11.5 Å². The number of amides is 1. The molecule has 8 heteroatoms. The lowest BCUT2D eigenvalue weighted by Gasteiger charge is -2.25. The number of carbonyl (C=O) groups is 2. The number of rotatable bonds is 6. The van der Waals surface area contributed by atoms with Gasteiger partial charge in [0.2, 0.25) is 0 Å². The Balaban J connectivity index is 1.63. The number of halogens is 1. The maximum atomic E-state index is 12.3. The first kappa shape index (κ1) is 19.9. The van der Waals surface area contributed by atoms with E-state index in [4.69, 9.17) is 25.8 Å². The number of aromatic nitrogens is 1. The fourth-order valence-corrected chi connectivity index (χ4v) is 3.05. The number of hydrogen-bond acceptors (Lipinski definition) is 6. The molecule has 1 amide bonds. The molecule has 1 aliphatic heterocycles. The summed E-state index contributed by atoms with van der Waals surface area (Å²) in [5.41, 5.74) is 0.999. The molecule has 0 bridgehead atoms. The van der Waals surface area contributed by atoms with Crippen LogP contribution < -0.4 is 14.8 Å². The first-order chi connectivity index (χ1) is 13.5. The summed E-state index contributed by atoms with van der Waals surface area (Å²) < 4.78 is 16.2. The van der Waals surface area contributed by atoms with Crippen LogP contribution in [0.25, 0.3) is 0 Å². The Bertz CT molecular complexity index is 871. The first-order valence-electron chi connectivity index (χ1n) is 8.92. The molecule has 1 aromatic carbocycles. The van der Waals surface area contributed by atoms with Crippen LogP contribution in [0.15, 0.2) is 36.5 Å². The van der Waals surface area contributed by atoms with Crippen LogP contribution in [0, 0.1) is 5.92 Å². The van der Waals surface area contributed by atoms with Crippen molar-refractivity contribution in [1.29, 1.82) is 0 Å². The zero-order valence-corrected chi connectivity index (χ0v) is 16.4. The molecule has 1 aromatic heterocycles. The maximum Gasteiger partial charge on any atom is 0.341 e. The fraction of sp³-hybridized carbons (Fsp3) is 0.350. The zero-order chi connectivity index (χ0) is 20.1. The lowest BCUT2D eigenvalue weighted by molar-refractivity contribution is -0.125. The van der Waals surface area contributed by atoms with Gasteiger partial charge in [0.15, 0.2) is 18.1 Å². The second-order valence-corrected chi connectivity index (χ2v) is 6.97. The van der Waals surface area contributed by atoms with E-state index >= 15 is 0 Å². The number of pyridine rings is 1. The van der Waals surface area contributed by atoms with Crippen LogP contribution in [0.4, 0.5) is 0 Å². The molecule has 148 valence electrons. The molecule has 28 heavy (non-hydrogen) atoms. The Morgan fingerprint density at radius 1 is 1.21 bits per heavy atom. The van der Waals surface area contributed by atoms with Gasteiger partial charge in [0, 0.05) is 6.20 Å². The second kappa shape index (κ2) is 8.93. The van der Waals surface area contributed by atoms with Crippen molar-refractivity contribution in [2.45, 2.75) is 19.9 Å². The topological polar surface area (TPSA) is 86.8 Å². The highest BCUT2D eigenvalue weighted by Gasteiger charge is 2.22. The minimum absolute atomic E-state index is 0.0317.